The zero-order chi connectivity index (χ0) is 16.1. The van der Waals surface area contributed by atoms with Crippen LogP contribution < -0.4 is 10.1 Å². The van der Waals surface area contributed by atoms with Gasteiger partial charge in [0.25, 0.3) is 5.91 Å². The van der Waals surface area contributed by atoms with Crippen LogP contribution in [-0.4, -0.2) is 32.7 Å². The summed E-state index contributed by atoms with van der Waals surface area (Å²) < 4.78 is 5.40. The molecule has 1 amide bonds. The molecule has 0 bridgehead atoms. The number of rotatable bonds is 5. The van der Waals surface area contributed by atoms with Gasteiger partial charge in [0.15, 0.2) is 0 Å². The minimum absolute atomic E-state index is 0.227. The Hall–Kier alpha value is -2.87. The maximum Gasteiger partial charge on any atom is 0.277 e. The first-order valence-electron chi connectivity index (χ1n) is 6.90. The predicted molar refractivity (Wildman–Crippen MR) is 86.5 cm³/mol. The van der Waals surface area contributed by atoms with Crippen molar-refractivity contribution >= 4 is 22.4 Å². The lowest BCUT2D eigenvalue weighted by Crippen LogP contribution is -2.13. The molecule has 0 unspecified atom stereocenters. The van der Waals surface area contributed by atoms with Crippen LogP contribution in [-0.2, 0) is 0 Å². The van der Waals surface area contributed by atoms with Crippen molar-refractivity contribution in [3.8, 4) is 16.3 Å². The molecule has 0 fully saturated rings. The SMILES string of the molecule is CCOc1ccc(-c2nnc(NC(=O)c3cnccn3)s2)cc1. The Morgan fingerprint density at radius 3 is 2.74 bits per heavy atom. The molecule has 0 radical (unpaired) electrons. The standard InChI is InChI=1S/C15H13N5O2S/c1-2-22-11-5-3-10(4-6-11)14-19-20-15(23-14)18-13(21)12-9-16-7-8-17-12/h3-9H,2H2,1H3,(H,18,20,21). The molecular formula is C15H13N5O2S. The molecule has 116 valence electrons. The molecule has 7 nitrogen and oxygen atoms in total. The van der Waals surface area contributed by atoms with Crippen molar-refractivity contribution in [2.24, 2.45) is 0 Å². The van der Waals surface area contributed by atoms with E-state index in [4.69, 9.17) is 4.74 Å². The van der Waals surface area contributed by atoms with Gasteiger partial charge in [-0.2, -0.15) is 0 Å². The number of nitrogens with one attached hydrogen (secondary N) is 1. The van der Waals surface area contributed by atoms with Gasteiger partial charge in [-0.15, -0.1) is 10.2 Å². The monoisotopic (exact) mass is 327 g/mol. The molecule has 0 saturated heterocycles. The molecule has 0 saturated carbocycles. The molecule has 3 rings (SSSR count). The van der Waals surface area contributed by atoms with Crippen molar-refractivity contribution < 1.29 is 9.53 Å². The van der Waals surface area contributed by atoms with E-state index in [1.54, 1.807) is 0 Å². The normalized spacial score (nSPS) is 10.3. The highest BCUT2D eigenvalue weighted by Crippen LogP contribution is 2.27. The van der Waals surface area contributed by atoms with E-state index in [0.29, 0.717) is 16.7 Å². The van der Waals surface area contributed by atoms with E-state index in [0.717, 1.165) is 11.3 Å². The van der Waals surface area contributed by atoms with E-state index in [1.807, 2.05) is 31.2 Å². The number of ether oxygens (including phenoxy) is 1. The maximum absolute atomic E-state index is 12.0. The Morgan fingerprint density at radius 2 is 2.04 bits per heavy atom. The number of benzene rings is 1. The lowest BCUT2D eigenvalue weighted by Gasteiger charge is -2.02. The van der Waals surface area contributed by atoms with Gasteiger partial charge in [-0.3, -0.25) is 15.1 Å². The van der Waals surface area contributed by atoms with E-state index in [2.05, 4.69) is 25.5 Å². The first-order chi connectivity index (χ1) is 11.3. The first kappa shape index (κ1) is 15.0. The van der Waals surface area contributed by atoms with Crippen LogP contribution in [0, 0.1) is 0 Å². The number of nitrogens with zero attached hydrogens (tertiary/aromatic N) is 4. The second kappa shape index (κ2) is 6.93. The largest absolute Gasteiger partial charge is 0.494 e. The van der Waals surface area contributed by atoms with Crippen LogP contribution in [0.2, 0.25) is 0 Å². The Bertz CT molecular complexity index is 789. The molecule has 3 aromatic rings. The van der Waals surface area contributed by atoms with Gasteiger partial charge < -0.3 is 4.74 Å². The topological polar surface area (TPSA) is 89.9 Å². The first-order valence-corrected chi connectivity index (χ1v) is 7.72. The molecule has 1 N–H and O–H groups in total. The third kappa shape index (κ3) is 3.67. The molecular weight excluding hydrogens is 314 g/mol. The van der Waals surface area contributed by atoms with Crippen molar-refractivity contribution in [3.63, 3.8) is 0 Å². The van der Waals surface area contributed by atoms with Gasteiger partial charge >= 0.3 is 0 Å². The van der Waals surface area contributed by atoms with Crippen molar-refractivity contribution in [1.82, 2.24) is 20.2 Å². The molecule has 0 aliphatic heterocycles. The van der Waals surface area contributed by atoms with E-state index in [-0.39, 0.29) is 11.6 Å². The maximum atomic E-state index is 12.0. The highest BCUT2D eigenvalue weighted by molar-refractivity contribution is 7.18. The van der Waals surface area contributed by atoms with Crippen molar-refractivity contribution in [2.45, 2.75) is 6.92 Å². The number of aromatic nitrogens is 4. The average Bonchev–Trinajstić information content (AvgIpc) is 3.05. The molecule has 0 atom stereocenters. The third-order valence-corrected chi connectivity index (χ3v) is 3.74. The number of amides is 1. The van der Waals surface area contributed by atoms with Crippen LogP contribution in [0.4, 0.5) is 5.13 Å². The molecule has 0 aliphatic carbocycles. The summed E-state index contributed by atoms with van der Waals surface area (Å²) in [6, 6.07) is 7.55. The van der Waals surface area contributed by atoms with Gasteiger partial charge in [-0.1, -0.05) is 11.3 Å². The summed E-state index contributed by atoms with van der Waals surface area (Å²) in [4.78, 5) is 19.8. The minimum atomic E-state index is -0.368. The Labute approximate surface area is 136 Å². The molecule has 23 heavy (non-hydrogen) atoms. The summed E-state index contributed by atoms with van der Waals surface area (Å²) in [6.07, 6.45) is 4.36. The fourth-order valence-electron chi connectivity index (χ4n) is 1.83. The van der Waals surface area contributed by atoms with Gasteiger partial charge in [0.2, 0.25) is 5.13 Å². The van der Waals surface area contributed by atoms with Crippen molar-refractivity contribution in [2.75, 3.05) is 11.9 Å². The van der Waals surface area contributed by atoms with Gasteiger partial charge in [0.05, 0.1) is 12.8 Å². The lowest BCUT2D eigenvalue weighted by molar-refractivity contribution is 0.102. The number of carbonyl (C=O) groups excluding carboxylic acids is 1. The highest BCUT2D eigenvalue weighted by Gasteiger charge is 2.12. The average molecular weight is 327 g/mol. The summed E-state index contributed by atoms with van der Waals surface area (Å²) in [6.45, 7) is 2.56. The Kier molecular flexibility index (Phi) is 4.53. The summed E-state index contributed by atoms with van der Waals surface area (Å²) in [5.41, 5.74) is 1.14. The van der Waals surface area contributed by atoms with E-state index >= 15 is 0 Å². The summed E-state index contributed by atoms with van der Waals surface area (Å²) in [7, 11) is 0. The van der Waals surface area contributed by atoms with Crippen molar-refractivity contribution in [3.05, 3.63) is 48.5 Å². The zero-order valence-electron chi connectivity index (χ0n) is 12.3. The number of carbonyl (C=O) groups is 1. The molecule has 2 heterocycles. The van der Waals surface area contributed by atoms with Crippen LogP contribution in [0.25, 0.3) is 10.6 Å². The van der Waals surface area contributed by atoms with Gasteiger partial charge in [-0.25, -0.2) is 4.98 Å². The zero-order valence-corrected chi connectivity index (χ0v) is 13.1. The number of anilines is 1. The summed E-state index contributed by atoms with van der Waals surface area (Å²) >= 11 is 1.29. The van der Waals surface area contributed by atoms with E-state index in [9.17, 15) is 4.79 Å². The van der Waals surface area contributed by atoms with E-state index < -0.39 is 0 Å². The van der Waals surface area contributed by atoms with Crippen LogP contribution in [0.3, 0.4) is 0 Å². The Balaban J connectivity index is 1.71. The second-order valence-electron chi connectivity index (χ2n) is 4.41. The molecule has 8 heteroatoms. The number of hydrogen-bond donors (Lipinski definition) is 1. The molecule has 1 aromatic carbocycles. The third-order valence-electron chi connectivity index (χ3n) is 2.85. The molecule has 0 aliphatic rings. The van der Waals surface area contributed by atoms with Crippen LogP contribution in [0.5, 0.6) is 5.75 Å². The van der Waals surface area contributed by atoms with Gasteiger partial charge in [0.1, 0.15) is 16.5 Å². The van der Waals surface area contributed by atoms with Crippen LogP contribution >= 0.6 is 11.3 Å². The fraction of sp³-hybridized carbons (Fsp3) is 0.133. The van der Waals surface area contributed by atoms with Gasteiger partial charge in [0, 0.05) is 18.0 Å². The van der Waals surface area contributed by atoms with E-state index in [1.165, 1.54) is 29.9 Å². The minimum Gasteiger partial charge on any atom is -0.494 e. The lowest BCUT2D eigenvalue weighted by atomic mass is 10.2. The fourth-order valence-corrected chi connectivity index (χ4v) is 2.57. The summed E-state index contributed by atoms with van der Waals surface area (Å²) in [5, 5.41) is 11.8. The van der Waals surface area contributed by atoms with Gasteiger partial charge in [-0.05, 0) is 31.2 Å². The smallest absolute Gasteiger partial charge is 0.277 e. The quantitative estimate of drug-likeness (QED) is 0.775. The molecule has 2 aromatic heterocycles. The Morgan fingerprint density at radius 1 is 1.22 bits per heavy atom. The highest BCUT2D eigenvalue weighted by atomic mass is 32.1. The van der Waals surface area contributed by atoms with Crippen molar-refractivity contribution in [1.29, 1.82) is 0 Å². The van der Waals surface area contributed by atoms with Crippen LogP contribution in [0.15, 0.2) is 42.9 Å². The molecule has 0 spiro atoms. The van der Waals surface area contributed by atoms with Crippen LogP contribution in [0.1, 0.15) is 17.4 Å². The summed E-state index contributed by atoms with van der Waals surface area (Å²) in [5.74, 6) is 0.435. The second-order valence-corrected chi connectivity index (χ2v) is 5.39. The number of hydrogen-bond acceptors (Lipinski definition) is 7. The predicted octanol–water partition coefficient (Wildman–Crippen LogP) is 2.65.